The van der Waals surface area contributed by atoms with E-state index in [2.05, 4.69) is 63.5 Å². The highest BCUT2D eigenvalue weighted by Gasteiger charge is 2.25. The van der Waals surface area contributed by atoms with Crippen LogP contribution >= 0.6 is 27.3 Å². The maximum absolute atomic E-state index is 3.59. The van der Waals surface area contributed by atoms with Crippen LogP contribution in [0.3, 0.4) is 0 Å². The molecule has 0 N–H and O–H groups in total. The highest BCUT2D eigenvalue weighted by molar-refractivity contribution is 9.08. The second-order valence-corrected chi connectivity index (χ2v) is 6.24. The Labute approximate surface area is 121 Å². The first-order chi connectivity index (χ1) is 8.81. The number of anilines is 1. The van der Waals surface area contributed by atoms with Crippen LogP contribution in [0.4, 0.5) is 5.69 Å². The summed E-state index contributed by atoms with van der Waals surface area (Å²) in [5.74, 6) is 0. The molecule has 1 nitrogen and oxygen atoms in total. The largest absolute Gasteiger partial charge is 0.364 e. The van der Waals surface area contributed by atoms with Gasteiger partial charge in [-0.15, -0.1) is 11.3 Å². The number of halogens is 1. The van der Waals surface area contributed by atoms with E-state index in [4.69, 9.17) is 0 Å². The first-order valence-corrected chi connectivity index (χ1v) is 8.28. The molecule has 1 aliphatic heterocycles. The molecule has 1 aromatic carbocycles. The Balaban J connectivity index is 1.99. The molecular weight excluding hydrogens is 306 g/mol. The van der Waals surface area contributed by atoms with Crippen LogP contribution in [0.15, 0.2) is 35.7 Å². The number of benzene rings is 1. The van der Waals surface area contributed by atoms with Crippen molar-refractivity contribution in [2.45, 2.75) is 24.7 Å². The third-order valence-electron chi connectivity index (χ3n) is 3.72. The number of thiophene rings is 1. The van der Waals surface area contributed by atoms with Crippen LogP contribution < -0.4 is 4.90 Å². The Hall–Kier alpha value is -0.800. The molecule has 1 atom stereocenters. The van der Waals surface area contributed by atoms with E-state index >= 15 is 0 Å². The van der Waals surface area contributed by atoms with Crippen LogP contribution in [0.25, 0.3) is 0 Å². The van der Waals surface area contributed by atoms with Gasteiger partial charge in [0.25, 0.3) is 0 Å². The maximum atomic E-state index is 3.59. The summed E-state index contributed by atoms with van der Waals surface area (Å²) in [5.41, 5.74) is 4.26. The number of hydrogen-bond acceptors (Lipinski definition) is 2. The molecular formula is C15H16BrNS. The molecule has 0 bridgehead atoms. The lowest BCUT2D eigenvalue weighted by atomic mass is 9.99. The van der Waals surface area contributed by atoms with Crippen molar-refractivity contribution < 1.29 is 0 Å². The standard InChI is InChI=1S/C15H16BrNS/c1-11-13-7-9-18-15(13)6-8-17(11)14-5-3-2-4-12(14)10-16/h2-5,7,9,11H,6,8,10H2,1H3. The van der Waals surface area contributed by atoms with Gasteiger partial charge in [0.05, 0.1) is 6.04 Å². The van der Waals surface area contributed by atoms with Crippen molar-refractivity contribution in [1.82, 2.24) is 0 Å². The third kappa shape index (κ3) is 1.99. The van der Waals surface area contributed by atoms with Gasteiger partial charge in [-0.2, -0.15) is 0 Å². The van der Waals surface area contributed by atoms with Gasteiger partial charge in [0.1, 0.15) is 0 Å². The minimum atomic E-state index is 0.486. The third-order valence-corrected chi connectivity index (χ3v) is 5.32. The van der Waals surface area contributed by atoms with Crippen molar-refractivity contribution in [3.63, 3.8) is 0 Å². The molecule has 0 saturated carbocycles. The lowest BCUT2D eigenvalue weighted by Gasteiger charge is -2.36. The molecule has 18 heavy (non-hydrogen) atoms. The highest BCUT2D eigenvalue weighted by Crippen LogP contribution is 2.37. The zero-order chi connectivity index (χ0) is 12.5. The Morgan fingerprint density at radius 2 is 2.17 bits per heavy atom. The van der Waals surface area contributed by atoms with Crippen LogP contribution in [0, 0.1) is 0 Å². The SMILES string of the molecule is CC1c2ccsc2CCN1c1ccccc1CBr. The Kier molecular flexibility index (Phi) is 3.44. The lowest BCUT2D eigenvalue weighted by molar-refractivity contribution is 0.631. The molecule has 0 spiro atoms. The monoisotopic (exact) mass is 321 g/mol. The van der Waals surface area contributed by atoms with Crippen LogP contribution in [-0.2, 0) is 11.8 Å². The van der Waals surface area contributed by atoms with E-state index in [1.54, 1.807) is 4.88 Å². The van der Waals surface area contributed by atoms with Crippen molar-refractivity contribution in [3.05, 3.63) is 51.7 Å². The fourth-order valence-electron chi connectivity index (χ4n) is 2.74. The molecule has 1 aliphatic rings. The summed E-state index contributed by atoms with van der Waals surface area (Å²) in [5, 5.41) is 3.14. The van der Waals surface area contributed by atoms with E-state index in [0.29, 0.717) is 6.04 Å². The summed E-state index contributed by atoms with van der Waals surface area (Å²) in [7, 11) is 0. The van der Waals surface area contributed by atoms with E-state index in [9.17, 15) is 0 Å². The van der Waals surface area contributed by atoms with Gasteiger partial charge >= 0.3 is 0 Å². The number of fused-ring (bicyclic) bond motifs is 1. The van der Waals surface area contributed by atoms with E-state index in [0.717, 1.165) is 11.9 Å². The van der Waals surface area contributed by atoms with E-state index in [1.807, 2.05) is 11.3 Å². The van der Waals surface area contributed by atoms with Gasteiger partial charge in [-0.25, -0.2) is 0 Å². The number of hydrogen-bond donors (Lipinski definition) is 0. The van der Waals surface area contributed by atoms with Crippen molar-refractivity contribution in [2.24, 2.45) is 0 Å². The van der Waals surface area contributed by atoms with Gasteiger partial charge in [-0.1, -0.05) is 34.1 Å². The quantitative estimate of drug-likeness (QED) is 0.720. The predicted molar refractivity (Wildman–Crippen MR) is 82.9 cm³/mol. The van der Waals surface area contributed by atoms with Crippen molar-refractivity contribution in [2.75, 3.05) is 11.4 Å². The molecule has 0 saturated heterocycles. The molecule has 0 radical (unpaired) electrons. The average Bonchev–Trinajstić information content (AvgIpc) is 2.88. The summed E-state index contributed by atoms with van der Waals surface area (Å²) >= 11 is 5.49. The van der Waals surface area contributed by atoms with Crippen molar-refractivity contribution >= 4 is 33.0 Å². The molecule has 3 heteroatoms. The molecule has 1 unspecified atom stereocenters. The Bertz CT molecular complexity index is 549. The van der Waals surface area contributed by atoms with Crippen LogP contribution in [0.5, 0.6) is 0 Å². The molecule has 2 heterocycles. The predicted octanol–water partition coefficient (Wildman–Crippen LogP) is 4.77. The van der Waals surface area contributed by atoms with E-state index < -0.39 is 0 Å². The minimum absolute atomic E-state index is 0.486. The number of nitrogens with zero attached hydrogens (tertiary/aromatic N) is 1. The van der Waals surface area contributed by atoms with Crippen LogP contribution in [-0.4, -0.2) is 6.54 Å². The van der Waals surface area contributed by atoms with Gasteiger partial charge in [0, 0.05) is 22.4 Å². The second-order valence-electron chi connectivity index (χ2n) is 4.68. The van der Waals surface area contributed by atoms with Crippen molar-refractivity contribution in [1.29, 1.82) is 0 Å². The molecule has 0 aliphatic carbocycles. The molecule has 94 valence electrons. The first kappa shape index (κ1) is 12.2. The summed E-state index contributed by atoms with van der Waals surface area (Å²) in [6.45, 7) is 3.44. The van der Waals surface area contributed by atoms with Gasteiger partial charge in [-0.05, 0) is 42.0 Å². The fraction of sp³-hybridized carbons (Fsp3) is 0.333. The fourth-order valence-corrected chi connectivity index (χ4v) is 4.18. The smallest absolute Gasteiger partial charge is 0.0525 e. The topological polar surface area (TPSA) is 3.24 Å². The summed E-state index contributed by atoms with van der Waals surface area (Å²) < 4.78 is 0. The molecule has 2 aromatic rings. The summed E-state index contributed by atoms with van der Waals surface area (Å²) in [4.78, 5) is 4.10. The molecule has 1 aromatic heterocycles. The Morgan fingerprint density at radius 1 is 1.33 bits per heavy atom. The molecule has 0 fully saturated rings. The zero-order valence-electron chi connectivity index (χ0n) is 10.4. The minimum Gasteiger partial charge on any atom is -0.364 e. The first-order valence-electron chi connectivity index (χ1n) is 6.28. The van der Waals surface area contributed by atoms with Gasteiger partial charge < -0.3 is 4.90 Å². The molecule has 3 rings (SSSR count). The van der Waals surface area contributed by atoms with Gasteiger partial charge in [-0.3, -0.25) is 0 Å². The highest BCUT2D eigenvalue weighted by atomic mass is 79.9. The maximum Gasteiger partial charge on any atom is 0.0525 e. The number of alkyl halides is 1. The molecule has 0 amide bonds. The summed E-state index contributed by atoms with van der Waals surface area (Å²) in [6.07, 6.45) is 1.17. The van der Waals surface area contributed by atoms with Gasteiger partial charge in [0.2, 0.25) is 0 Å². The van der Waals surface area contributed by atoms with Crippen LogP contribution in [0.1, 0.15) is 29.0 Å². The van der Waals surface area contributed by atoms with Gasteiger partial charge in [0.15, 0.2) is 0 Å². The normalized spacial score (nSPS) is 18.8. The van der Waals surface area contributed by atoms with Crippen LogP contribution in [0.2, 0.25) is 0 Å². The number of rotatable bonds is 2. The number of para-hydroxylation sites is 1. The second kappa shape index (κ2) is 5.06. The van der Waals surface area contributed by atoms with Crippen molar-refractivity contribution in [3.8, 4) is 0 Å². The van der Waals surface area contributed by atoms with E-state index in [1.165, 1.54) is 23.2 Å². The average molecular weight is 322 g/mol. The summed E-state index contributed by atoms with van der Waals surface area (Å²) in [6, 6.07) is 11.5. The lowest BCUT2D eigenvalue weighted by Crippen LogP contribution is -2.33. The zero-order valence-corrected chi connectivity index (χ0v) is 12.8. The van der Waals surface area contributed by atoms with E-state index in [-0.39, 0.29) is 0 Å². The Morgan fingerprint density at radius 3 is 3.00 bits per heavy atom.